The predicted octanol–water partition coefficient (Wildman–Crippen LogP) is 2.24. The second-order valence-corrected chi connectivity index (χ2v) is 3.32. The van der Waals surface area contributed by atoms with Crippen molar-refractivity contribution in [2.24, 2.45) is 0 Å². The van der Waals surface area contributed by atoms with Crippen molar-refractivity contribution in [3.05, 3.63) is 41.2 Å². The number of hydrogen-bond acceptors (Lipinski definition) is 3. The van der Waals surface area contributed by atoms with Crippen molar-refractivity contribution < 1.29 is 9.53 Å². The lowest BCUT2D eigenvalue weighted by atomic mass is 10.1. The van der Waals surface area contributed by atoms with Crippen molar-refractivity contribution >= 4 is 12.0 Å². The molecule has 0 spiro atoms. The highest BCUT2D eigenvalue weighted by atomic mass is 16.5. The van der Waals surface area contributed by atoms with Crippen LogP contribution in [-0.2, 0) is 9.53 Å². The van der Waals surface area contributed by atoms with Gasteiger partial charge in [-0.05, 0) is 23.8 Å². The van der Waals surface area contributed by atoms with E-state index >= 15 is 0 Å². The topological polar surface area (TPSA) is 50.1 Å². The summed E-state index contributed by atoms with van der Waals surface area (Å²) in [7, 11) is 0. The Labute approximate surface area is 87.6 Å². The second-order valence-electron chi connectivity index (χ2n) is 3.32. The molecule has 3 heteroatoms. The number of esters is 1. The van der Waals surface area contributed by atoms with E-state index in [9.17, 15) is 4.79 Å². The van der Waals surface area contributed by atoms with E-state index in [4.69, 9.17) is 10.00 Å². The Morgan fingerprint density at radius 3 is 2.53 bits per heavy atom. The predicted molar refractivity (Wildman–Crippen MR) is 54.5 cm³/mol. The summed E-state index contributed by atoms with van der Waals surface area (Å²) >= 11 is 0. The highest BCUT2D eigenvalue weighted by Gasteiger charge is 2.16. The SMILES string of the molecule is N#Cc1ccc(/C=C2\CCC(=O)O2)cc1. The van der Waals surface area contributed by atoms with Gasteiger partial charge in [0.2, 0.25) is 0 Å². The van der Waals surface area contributed by atoms with E-state index < -0.39 is 0 Å². The minimum atomic E-state index is -0.171. The number of rotatable bonds is 1. The third kappa shape index (κ3) is 2.23. The highest BCUT2D eigenvalue weighted by molar-refractivity contribution is 5.75. The van der Waals surface area contributed by atoms with E-state index in [0.29, 0.717) is 24.2 Å². The molecule has 74 valence electrons. The summed E-state index contributed by atoms with van der Waals surface area (Å²) < 4.78 is 4.98. The molecule has 0 aliphatic carbocycles. The summed E-state index contributed by atoms with van der Waals surface area (Å²) in [5.41, 5.74) is 1.57. The van der Waals surface area contributed by atoms with E-state index in [1.54, 1.807) is 12.1 Å². The van der Waals surface area contributed by atoms with Gasteiger partial charge in [-0.2, -0.15) is 5.26 Å². The molecule has 0 aromatic heterocycles. The van der Waals surface area contributed by atoms with Gasteiger partial charge in [0.1, 0.15) is 5.76 Å². The van der Waals surface area contributed by atoms with E-state index in [1.807, 2.05) is 24.3 Å². The zero-order valence-electron chi connectivity index (χ0n) is 8.06. The summed E-state index contributed by atoms with van der Waals surface area (Å²) in [4.78, 5) is 10.8. The van der Waals surface area contributed by atoms with Crippen LogP contribution in [0.25, 0.3) is 6.08 Å². The molecule has 15 heavy (non-hydrogen) atoms. The van der Waals surface area contributed by atoms with Crippen LogP contribution in [-0.4, -0.2) is 5.97 Å². The van der Waals surface area contributed by atoms with Gasteiger partial charge in [-0.15, -0.1) is 0 Å². The minimum Gasteiger partial charge on any atom is -0.431 e. The molecule has 0 N–H and O–H groups in total. The number of carbonyl (C=O) groups excluding carboxylic acids is 1. The number of hydrogen-bond donors (Lipinski definition) is 0. The first-order valence-electron chi connectivity index (χ1n) is 4.69. The van der Waals surface area contributed by atoms with Crippen molar-refractivity contribution in [2.45, 2.75) is 12.8 Å². The number of nitriles is 1. The van der Waals surface area contributed by atoms with Gasteiger partial charge in [-0.3, -0.25) is 4.79 Å². The Kier molecular flexibility index (Phi) is 2.51. The first kappa shape index (κ1) is 9.47. The van der Waals surface area contributed by atoms with Crippen molar-refractivity contribution in [3.8, 4) is 6.07 Å². The zero-order chi connectivity index (χ0) is 10.7. The maximum absolute atomic E-state index is 10.8. The van der Waals surface area contributed by atoms with Crippen molar-refractivity contribution in [3.63, 3.8) is 0 Å². The van der Waals surface area contributed by atoms with Crippen LogP contribution in [0, 0.1) is 11.3 Å². The Bertz CT molecular complexity index is 452. The minimum absolute atomic E-state index is 0.171. The smallest absolute Gasteiger partial charge is 0.311 e. The molecule has 1 aromatic rings. The number of carbonyl (C=O) groups is 1. The molecule has 1 aromatic carbocycles. The monoisotopic (exact) mass is 199 g/mol. The Hall–Kier alpha value is -2.08. The quantitative estimate of drug-likeness (QED) is 0.651. The molecule has 1 fully saturated rings. The number of allylic oxidation sites excluding steroid dienone is 1. The lowest BCUT2D eigenvalue weighted by Crippen LogP contribution is -1.89. The molecule has 0 saturated carbocycles. The summed E-state index contributed by atoms with van der Waals surface area (Å²) in [6, 6.07) is 9.19. The molecular formula is C12H9NO2. The summed E-state index contributed by atoms with van der Waals surface area (Å²) in [5.74, 6) is 0.527. The number of ether oxygens (including phenoxy) is 1. The lowest BCUT2D eigenvalue weighted by molar-refractivity contribution is -0.135. The average molecular weight is 199 g/mol. The van der Waals surface area contributed by atoms with Gasteiger partial charge >= 0.3 is 5.97 Å². The Balaban J connectivity index is 2.18. The zero-order valence-corrected chi connectivity index (χ0v) is 8.06. The van der Waals surface area contributed by atoms with E-state index in [2.05, 4.69) is 0 Å². The summed E-state index contributed by atoms with van der Waals surface area (Å²) in [6.45, 7) is 0. The van der Waals surface area contributed by atoms with E-state index in [1.165, 1.54) is 0 Å². The number of nitrogens with zero attached hydrogens (tertiary/aromatic N) is 1. The summed E-state index contributed by atoms with van der Waals surface area (Å²) in [5, 5.41) is 8.61. The third-order valence-electron chi connectivity index (χ3n) is 2.19. The van der Waals surface area contributed by atoms with Gasteiger partial charge in [0.15, 0.2) is 0 Å². The van der Waals surface area contributed by atoms with Gasteiger partial charge in [0, 0.05) is 6.42 Å². The lowest BCUT2D eigenvalue weighted by Gasteiger charge is -1.97. The van der Waals surface area contributed by atoms with Crippen LogP contribution in [0.2, 0.25) is 0 Å². The average Bonchev–Trinajstić information content (AvgIpc) is 2.65. The largest absolute Gasteiger partial charge is 0.431 e. The van der Waals surface area contributed by atoms with E-state index in [-0.39, 0.29) is 5.97 Å². The van der Waals surface area contributed by atoms with Gasteiger partial charge in [-0.1, -0.05) is 12.1 Å². The molecule has 1 saturated heterocycles. The first-order valence-corrected chi connectivity index (χ1v) is 4.69. The molecule has 0 amide bonds. The molecule has 2 rings (SSSR count). The van der Waals surface area contributed by atoms with Gasteiger partial charge < -0.3 is 4.74 Å². The molecule has 1 heterocycles. The molecule has 0 unspecified atom stereocenters. The van der Waals surface area contributed by atoms with Crippen LogP contribution in [0.15, 0.2) is 30.0 Å². The molecule has 0 bridgehead atoms. The maximum atomic E-state index is 10.8. The first-order chi connectivity index (χ1) is 7.28. The maximum Gasteiger partial charge on any atom is 0.311 e. The van der Waals surface area contributed by atoms with Crippen molar-refractivity contribution in [1.29, 1.82) is 5.26 Å². The van der Waals surface area contributed by atoms with Crippen LogP contribution in [0.4, 0.5) is 0 Å². The van der Waals surface area contributed by atoms with Crippen LogP contribution in [0.5, 0.6) is 0 Å². The van der Waals surface area contributed by atoms with Crippen LogP contribution in [0.1, 0.15) is 24.0 Å². The molecule has 1 aliphatic rings. The van der Waals surface area contributed by atoms with Crippen LogP contribution < -0.4 is 0 Å². The number of cyclic esters (lactones) is 1. The van der Waals surface area contributed by atoms with Crippen LogP contribution in [0.3, 0.4) is 0 Å². The van der Waals surface area contributed by atoms with Gasteiger partial charge in [0.25, 0.3) is 0 Å². The van der Waals surface area contributed by atoms with E-state index in [0.717, 1.165) is 5.56 Å². The van der Waals surface area contributed by atoms with Gasteiger partial charge in [0.05, 0.1) is 18.1 Å². The Morgan fingerprint density at radius 2 is 2.00 bits per heavy atom. The molecule has 0 radical (unpaired) electrons. The Morgan fingerprint density at radius 1 is 1.27 bits per heavy atom. The van der Waals surface area contributed by atoms with Crippen molar-refractivity contribution in [2.75, 3.05) is 0 Å². The third-order valence-corrected chi connectivity index (χ3v) is 2.19. The second kappa shape index (κ2) is 3.97. The molecule has 0 atom stereocenters. The van der Waals surface area contributed by atoms with Gasteiger partial charge in [-0.25, -0.2) is 0 Å². The fourth-order valence-electron chi connectivity index (χ4n) is 1.41. The normalized spacial score (nSPS) is 17.5. The van der Waals surface area contributed by atoms with Crippen molar-refractivity contribution in [1.82, 2.24) is 0 Å². The summed E-state index contributed by atoms with van der Waals surface area (Å²) in [6.07, 6.45) is 2.95. The standard InChI is InChI=1S/C12H9NO2/c13-8-10-3-1-9(2-4-10)7-11-5-6-12(14)15-11/h1-4,7H,5-6H2/b11-7+. The number of benzene rings is 1. The fraction of sp³-hybridized carbons (Fsp3) is 0.167. The van der Waals surface area contributed by atoms with Crippen LogP contribution >= 0.6 is 0 Å². The fourth-order valence-corrected chi connectivity index (χ4v) is 1.41. The molecular weight excluding hydrogens is 190 g/mol. The molecule has 1 aliphatic heterocycles. The highest BCUT2D eigenvalue weighted by Crippen LogP contribution is 2.20. The molecule has 3 nitrogen and oxygen atoms in total.